The lowest BCUT2D eigenvalue weighted by atomic mass is 10.1. The Morgan fingerprint density at radius 1 is 0.968 bits per heavy atom. The lowest BCUT2D eigenvalue weighted by Crippen LogP contribution is -2.33. The van der Waals surface area contributed by atoms with E-state index < -0.39 is 23.9 Å². The van der Waals surface area contributed by atoms with Gasteiger partial charge in [0.05, 0.1) is 16.9 Å². The Kier molecular flexibility index (Phi) is 4.71. The van der Waals surface area contributed by atoms with Crippen LogP contribution >= 0.6 is 0 Å². The van der Waals surface area contributed by atoms with Crippen molar-refractivity contribution >= 4 is 17.0 Å². The second kappa shape index (κ2) is 7.15. The van der Waals surface area contributed by atoms with E-state index in [1.807, 2.05) is 0 Å². The highest BCUT2D eigenvalue weighted by Crippen LogP contribution is 2.32. The van der Waals surface area contributed by atoms with Gasteiger partial charge in [-0.2, -0.15) is 36.2 Å². The van der Waals surface area contributed by atoms with E-state index in [1.165, 1.54) is 47.4 Å². The van der Waals surface area contributed by atoms with E-state index in [-0.39, 0.29) is 16.9 Å². The summed E-state index contributed by atoms with van der Waals surface area (Å²) in [6.45, 7) is 0. The van der Waals surface area contributed by atoms with Crippen LogP contribution in [-0.4, -0.2) is 31.6 Å². The highest BCUT2D eigenvalue weighted by Gasteiger charge is 2.42. The Labute approximate surface area is 169 Å². The molecule has 12 heteroatoms. The minimum Gasteiger partial charge on any atom is -0.326 e. The van der Waals surface area contributed by atoms with Crippen molar-refractivity contribution in [2.24, 2.45) is 0 Å². The molecular formula is C19H10F6N4O2. The molecule has 6 nitrogen and oxygen atoms in total. The number of nitrogens with zero attached hydrogens (tertiary/aromatic N) is 4. The van der Waals surface area contributed by atoms with Crippen molar-refractivity contribution in [1.29, 1.82) is 0 Å². The normalized spacial score (nSPS) is 12.3. The maximum absolute atomic E-state index is 13.0. The first-order valence-corrected chi connectivity index (χ1v) is 8.53. The molecular weight excluding hydrogens is 430 g/mol. The predicted molar refractivity (Wildman–Crippen MR) is 94.9 cm³/mol. The van der Waals surface area contributed by atoms with Crippen molar-refractivity contribution in [3.63, 3.8) is 0 Å². The van der Waals surface area contributed by atoms with Crippen molar-refractivity contribution in [3.8, 4) is 16.9 Å². The molecule has 0 spiro atoms. The van der Waals surface area contributed by atoms with Gasteiger partial charge in [0.25, 0.3) is 0 Å². The molecule has 31 heavy (non-hydrogen) atoms. The Balaban J connectivity index is 1.70. The fourth-order valence-electron chi connectivity index (χ4n) is 2.88. The summed E-state index contributed by atoms with van der Waals surface area (Å²) in [5.74, 6) is -2.41. The van der Waals surface area contributed by atoms with Crippen LogP contribution in [0.5, 0.6) is 0 Å². The molecule has 0 atom stereocenters. The topological polar surface area (TPSA) is 61.9 Å². The van der Waals surface area contributed by atoms with Crippen molar-refractivity contribution in [2.45, 2.75) is 12.4 Å². The van der Waals surface area contributed by atoms with Crippen molar-refractivity contribution in [1.82, 2.24) is 19.5 Å². The number of rotatable bonds is 3. The minimum atomic E-state index is -5.18. The summed E-state index contributed by atoms with van der Waals surface area (Å²) in [4.78, 5) is 19.3. The zero-order chi connectivity index (χ0) is 22.4. The minimum absolute atomic E-state index is 0.0776. The number of hydrogen-bond acceptors (Lipinski definition) is 4. The van der Waals surface area contributed by atoms with Crippen LogP contribution in [0.2, 0.25) is 0 Å². The van der Waals surface area contributed by atoms with Crippen LogP contribution in [0, 0.1) is 0 Å². The lowest BCUT2D eigenvalue weighted by Gasteiger charge is -2.08. The number of aromatic nitrogens is 4. The zero-order valence-corrected chi connectivity index (χ0v) is 15.1. The summed E-state index contributed by atoms with van der Waals surface area (Å²) in [7, 11) is 0. The lowest BCUT2D eigenvalue weighted by molar-refractivity contribution is -0.199. The Morgan fingerprint density at radius 2 is 1.74 bits per heavy atom. The standard InChI is InChI=1S/C19H10F6N4O2/c20-18(21,22)12-3-1-2-11(10-12)14-6-8-28(27-14)15-4-7-26-16-13(15)5-9-29(16)31-17(30)19(23,24)25/h1-10H. The summed E-state index contributed by atoms with van der Waals surface area (Å²) >= 11 is 0. The van der Waals surface area contributed by atoms with Crippen LogP contribution in [0.1, 0.15) is 5.56 Å². The van der Waals surface area contributed by atoms with Crippen LogP contribution in [0.15, 0.2) is 61.1 Å². The third kappa shape index (κ3) is 3.96. The van der Waals surface area contributed by atoms with E-state index in [2.05, 4.69) is 14.9 Å². The fourth-order valence-corrected chi connectivity index (χ4v) is 2.88. The van der Waals surface area contributed by atoms with Crippen LogP contribution < -0.4 is 4.84 Å². The van der Waals surface area contributed by atoms with Gasteiger partial charge in [0.15, 0.2) is 5.65 Å². The first-order chi connectivity index (χ1) is 14.5. The van der Waals surface area contributed by atoms with Gasteiger partial charge >= 0.3 is 18.3 Å². The molecule has 0 aliphatic rings. The second-order valence-corrected chi connectivity index (χ2v) is 6.31. The Morgan fingerprint density at radius 3 is 2.45 bits per heavy atom. The first-order valence-electron chi connectivity index (χ1n) is 8.53. The molecule has 0 N–H and O–H groups in total. The van der Waals surface area contributed by atoms with Crippen molar-refractivity contribution in [2.75, 3.05) is 0 Å². The van der Waals surface area contributed by atoms with Gasteiger partial charge in [-0.25, -0.2) is 14.5 Å². The number of carbonyl (C=O) groups is 1. The number of pyridine rings is 1. The molecule has 0 bridgehead atoms. The predicted octanol–water partition coefficient (Wildman–Crippen LogP) is 4.43. The Bertz CT molecular complexity index is 1270. The number of benzene rings is 1. The molecule has 0 aliphatic carbocycles. The first kappa shape index (κ1) is 20.4. The Hall–Kier alpha value is -3.83. The van der Waals surface area contributed by atoms with Crippen LogP contribution in [0.4, 0.5) is 26.3 Å². The molecule has 0 aliphatic heterocycles. The molecule has 3 heterocycles. The zero-order valence-electron chi connectivity index (χ0n) is 15.1. The third-order valence-corrected chi connectivity index (χ3v) is 4.27. The molecule has 0 saturated heterocycles. The molecule has 160 valence electrons. The van der Waals surface area contributed by atoms with E-state index >= 15 is 0 Å². The average molecular weight is 440 g/mol. The number of carbonyl (C=O) groups excluding carboxylic acids is 1. The second-order valence-electron chi connectivity index (χ2n) is 6.31. The highest BCUT2D eigenvalue weighted by molar-refractivity contribution is 5.86. The summed E-state index contributed by atoms with van der Waals surface area (Å²) in [5.41, 5.74) is -0.0554. The largest absolute Gasteiger partial charge is 0.493 e. The molecule has 0 fully saturated rings. The van der Waals surface area contributed by atoms with Gasteiger partial charge in [0.1, 0.15) is 0 Å². The number of fused-ring (bicyclic) bond motifs is 1. The molecule has 0 radical (unpaired) electrons. The average Bonchev–Trinajstić information content (AvgIpc) is 3.34. The van der Waals surface area contributed by atoms with E-state index in [0.717, 1.165) is 18.3 Å². The van der Waals surface area contributed by atoms with Gasteiger partial charge in [-0.3, -0.25) is 0 Å². The summed E-state index contributed by atoms with van der Waals surface area (Å²) in [5, 5.41) is 4.56. The van der Waals surface area contributed by atoms with Crippen LogP contribution in [0.25, 0.3) is 28.0 Å². The quantitative estimate of drug-likeness (QED) is 0.443. The van der Waals surface area contributed by atoms with Gasteiger partial charge in [-0.1, -0.05) is 12.1 Å². The summed E-state index contributed by atoms with van der Waals surface area (Å²) in [6, 6.07) is 8.99. The smallest absolute Gasteiger partial charge is 0.326 e. The molecule has 0 unspecified atom stereocenters. The fraction of sp³-hybridized carbons (Fsp3) is 0.105. The number of alkyl halides is 6. The van der Waals surface area contributed by atoms with Gasteiger partial charge in [0, 0.05) is 29.5 Å². The molecule has 1 aromatic carbocycles. The van der Waals surface area contributed by atoms with Crippen molar-refractivity contribution in [3.05, 3.63) is 66.6 Å². The third-order valence-electron chi connectivity index (χ3n) is 4.27. The molecule has 4 aromatic rings. The highest BCUT2D eigenvalue weighted by atomic mass is 19.4. The SMILES string of the molecule is O=C(On1ccc2c(-n3ccc(-c4cccc(C(F)(F)F)c4)n3)ccnc21)C(F)(F)F. The maximum Gasteiger partial charge on any atom is 0.493 e. The van der Waals surface area contributed by atoms with Crippen LogP contribution in [-0.2, 0) is 11.0 Å². The molecule has 3 aromatic heterocycles. The van der Waals surface area contributed by atoms with Crippen LogP contribution in [0.3, 0.4) is 0 Å². The summed E-state index contributed by atoms with van der Waals surface area (Å²) < 4.78 is 78.1. The number of halogens is 6. The van der Waals surface area contributed by atoms with E-state index in [4.69, 9.17) is 0 Å². The van der Waals surface area contributed by atoms with Gasteiger partial charge in [-0.15, -0.1) is 0 Å². The summed E-state index contributed by atoms with van der Waals surface area (Å²) in [6.07, 6.45) is -5.87. The maximum atomic E-state index is 13.0. The molecule has 0 saturated carbocycles. The molecule has 4 rings (SSSR count). The van der Waals surface area contributed by atoms with Crippen molar-refractivity contribution < 1.29 is 36.0 Å². The van der Waals surface area contributed by atoms with Gasteiger partial charge in [0.2, 0.25) is 0 Å². The number of hydrogen-bond donors (Lipinski definition) is 0. The van der Waals surface area contributed by atoms with E-state index in [1.54, 1.807) is 0 Å². The molecule has 0 amide bonds. The monoisotopic (exact) mass is 440 g/mol. The van der Waals surface area contributed by atoms with Gasteiger partial charge in [-0.05, 0) is 30.3 Å². The van der Waals surface area contributed by atoms with E-state index in [9.17, 15) is 31.1 Å². The van der Waals surface area contributed by atoms with Gasteiger partial charge < -0.3 is 4.84 Å². The van der Waals surface area contributed by atoms with E-state index in [0.29, 0.717) is 15.8 Å².